The monoisotopic (exact) mass is 450 g/mol. The normalized spacial score (nSPS) is 16.7. The molecule has 0 spiro atoms. The Labute approximate surface area is 184 Å². The number of hydrogen-bond donors (Lipinski definition) is 1. The molecule has 164 valence electrons. The molecule has 4 aromatic rings. The summed E-state index contributed by atoms with van der Waals surface area (Å²) in [6, 6.07) is 12.9. The van der Waals surface area contributed by atoms with Crippen molar-refractivity contribution in [3.05, 3.63) is 76.1 Å². The Hall–Kier alpha value is -3.30. The lowest BCUT2D eigenvalue weighted by molar-refractivity contribution is 0.0965. The Morgan fingerprint density at radius 1 is 1.19 bits per heavy atom. The summed E-state index contributed by atoms with van der Waals surface area (Å²) in [5.74, 6) is 0. The van der Waals surface area contributed by atoms with Gasteiger partial charge in [0, 0.05) is 12.8 Å². The third-order valence-electron chi connectivity index (χ3n) is 5.81. The number of pyridine rings is 2. The Bertz CT molecular complexity index is 1560. The molecule has 1 fully saturated rings. The van der Waals surface area contributed by atoms with Gasteiger partial charge in [-0.15, -0.1) is 0 Å². The van der Waals surface area contributed by atoms with Crippen LogP contribution in [0.1, 0.15) is 18.4 Å². The standard InChI is InChI=1S/C23H22N4O4S/c1-15-7-9-17(10-8-15)32(29,30)19-13-18-22(25-20-6-2-3-11-26(20)23(18)28)27(21(19)24)14-16-5-4-12-31-16/h2-3,6-11,13,16,24H,4-5,12,14H2,1H3/t16-/m0/s1. The van der Waals surface area contributed by atoms with Crippen LogP contribution >= 0.6 is 0 Å². The number of aromatic nitrogens is 3. The van der Waals surface area contributed by atoms with E-state index in [9.17, 15) is 13.2 Å². The van der Waals surface area contributed by atoms with E-state index < -0.39 is 9.84 Å². The number of fused-ring (bicyclic) bond motifs is 2. The molecule has 4 heterocycles. The fourth-order valence-corrected chi connectivity index (χ4v) is 5.47. The van der Waals surface area contributed by atoms with Gasteiger partial charge in [0.05, 0.1) is 22.9 Å². The van der Waals surface area contributed by atoms with Gasteiger partial charge in [0.25, 0.3) is 5.56 Å². The molecular formula is C23H22N4O4S. The van der Waals surface area contributed by atoms with Crippen molar-refractivity contribution in [1.82, 2.24) is 14.0 Å². The van der Waals surface area contributed by atoms with Crippen molar-refractivity contribution in [2.45, 2.75) is 42.2 Å². The van der Waals surface area contributed by atoms with Crippen LogP contribution in [0.4, 0.5) is 0 Å². The van der Waals surface area contributed by atoms with Gasteiger partial charge in [0.2, 0.25) is 9.84 Å². The summed E-state index contributed by atoms with van der Waals surface area (Å²) < 4.78 is 35.6. The second kappa shape index (κ2) is 7.68. The number of hydrogen-bond acceptors (Lipinski definition) is 6. The first kappa shape index (κ1) is 20.6. The van der Waals surface area contributed by atoms with Crippen molar-refractivity contribution in [2.75, 3.05) is 6.61 Å². The Morgan fingerprint density at radius 3 is 2.69 bits per heavy atom. The van der Waals surface area contributed by atoms with Crippen LogP contribution in [0.15, 0.2) is 69.3 Å². The van der Waals surface area contributed by atoms with Crippen LogP contribution in [0.25, 0.3) is 16.7 Å². The average Bonchev–Trinajstić information content (AvgIpc) is 3.29. The maximum atomic E-state index is 13.5. The Balaban J connectivity index is 1.84. The van der Waals surface area contributed by atoms with Crippen molar-refractivity contribution < 1.29 is 13.2 Å². The predicted molar refractivity (Wildman–Crippen MR) is 118 cm³/mol. The zero-order chi connectivity index (χ0) is 22.5. The van der Waals surface area contributed by atoms with Crippen molar-refractivity contribution >= 4 is 26.5 Å². The van der Waals surface area contributed by atoms with Gasteiger partial charge < -0.3 is 9.30 Å². The lowest BCUT2D eigenvalue weighted by Gasteiger charge is -2.17. The quantitative estimate of drug-likeness (QED) is 0.481. The van der Waals surface area contributed by atoms with E-state index in [1.807, 2.05) is 6.92 Å². The maximum Gasteiger partial charge on any atom is 0.267 e. The van der Waals surface area contributed by atoms with Crippen molar-refractivity contribution in [2.24, 2.45) is 0 Å². The molecule has 32 heavy (non-hydrogen) atoms. The lowest BCUT2D eigenvalue weighted by Crippen LogP contribution is -2.33. The molecule has 1 saturated heterocycles. The summed E-state index contributed by atoms with van der Waals surface area (Å²) in [6.07, 6.45) is 3.13. The Kier molecular flexibility index (Phi) is 4.94. The third kappa shape index (κ3) is 3.34. The van der Waals surface area contributed by atoms with E-state index in [0.717, 1.165) is 18.4 Å². The first-order valence-corrected chi connectivity index (χ1v) is 11.9. The van der Waals surface area contributed by atoms with Gasteiger partial charge in [0.15, 0.2) is 0 Å². The molecule has 1 N–H and O–H groups in total. The van der Waals surface area contributed by atoms with Gasteiger partial charge in [-0.1, -0.05) is 23.8 Å². The molecule has 0 amide bonds. The fourth-order valence-electron chi connectivity index (χ4n) is 4.08. The zero-order valence-electron chi connectivity index (χ0n) is 17.5. The van der Waals surface area contributed by atoms with Crippen molar-refractivity contribution in [3.8, 4) is 0 Å². The highest BCUT2D eigenvalue weighted by Crippen LogP contribution is 2.22. The topological polar surface area (TPSA) is 107 Å². The summed E-state index contributed by atoms with van der Waals surface area (Å²) in [6.45, 7) is 2.74. The smallest absolute Gasteiger partial charge is 0.267 e. The first-order valence-electron chi connectivity index (χ1n) is 10.4. The van der Waals surface area contributed by atoms with E-state index in [2.05, 4.69) is 4.98 Å². The molecule has 0 radical (unpaired) electrons. The molecule has 0 aliphatic carbocycles. The Morgan fingerprint density at radius 2 is 1.97 bits per heavy atom. The largest absolute Gasteiger partial charge is 0.376 e. The van der Waals surface area contributed by atoms with Crippen LogP contribution in [0.5, 0.6) is 0 Å². The molecule has 1 aromatic carbocycles. The lowest BCUT2D eigenvalue weighted by atomic mass is 10.2. The number of nitrogens with one attached hydrogen (secondary N) is 1. The van der Waals surface area contributed by atoms with Gasteiger partial charge in [-0.25, -0.2) is 13.4 Å². The molecule has 1 atom stereocenters. The third-order valence-corrected chi connectivity index (χ3v) is 7.60. The molecule has 1 aliphatic heterocycles. The second-order valence-electron chi connectivity index (χ2n) is 8.00. The summed E-state index contributed by atoms with van der Waals surface area (Å²) in [5.41, 5.74) is 1.05. The summed E-state index contributed by atoms with van der Waals surface area (Å²) in [4.78, 5) is 17.7. The van der Waals surface area contributed by atoms with Crippen molar-refractivity contribution in [1.29, 1.82) is 5.41 Å². The highest BCUT2D eigenvalue weighted by Gasteiger charge is 2.26. The highest BCUT2D eigenvalue weighted by molar-refractivity contribution is 7.91. The number of rotatable bonds is 4. The van der Waals surface area contributed by atoms with E-state index in [1.54, 1.807) is 36.5 Å². The number of benzene rings is 1. The molecule has 9 heteroatoms. The minimum Gasteiger partial charge on any atom is -0.376 e. The van der Waals surface area contributed by atoms with E-state index in [-0.39, 0.29) is 44.5 Å². The molecular weight excluding hydrogens is 428 g/mol. The molecule has 0 unspecified atom stereocenters. The number of ether oxygens (including phenoxy) is 1. The predicted octanol–water partition coefficient (Wildman–Crippen LogP) is 2.45. The van der Waals surface area contributed by atoms with Crippen LogP contribution in [0, 0.1) is 12.3 Å². The minimum atomic E-state index is -4.03. The highest BCUT2D eigenvalue weighted by atomic mass is 32.2. The SMILES string of the molecule is Cc1ccc(S(=O)(=O)c2cc3c(=O)n4ccccc4nc3n(C[C@@H]3CCCO3)c2=N)cc1. The van der Waals surface area contributed by atoms with E-state index in [1.165, 1.54) is 27.2 Å². The van der Waals surface area contributed by atoms with Crippen LogP contribution in [-0.2, 0) is 21.1 Å². The molecule has 0 bridgehead atoms. The van der Waals surface area contributed by atoms with Gasteiger partial charge in [-0.3, -0.25) is 14.6 Å². The van der Waals surface area contributed by atoms with Crippen LogP contribution in [0.3, 0.4) is 0 Å². The molecule has 1 aliphatic rings. The maximum absolute atomic E-state index is 13.5. The van der Waals surface area contributed by atoms with Gasteiger partial charge in [-0.05, 0) is 50.1 Å². The number of nitrogens with zero attached hydrogens (tertiary/aromatic N) is 3. The number of aryl methyl sites for hydroxylation is 1. The molecule has 8 nitrogen and oxygen atoms in total. The van der Waals surface area contributed by atoms with Crippen molar-refractivity contribution in [3.63, 3.8) is 0 Å². The summed E-state index contributed by atoms with van der Waals surface area (Å²) in [7, 11) is -4.03. The van der Waals surface area contributed by atoms with Crippen LogP contribution < -0.4 is 11.0 Å². The van der Waals surface area contributed by atoms with E-state index in [4.69, 9.17) is 10.1 Å². The zero-order valence-corrected chi connectivity index (χ0v) is 18.3. The fraction of sp³-hybridized carbons (Fsp3) is 0.261. The second-order valence-corrected chi connectivity index (χ2v) is 9.92. The summed E-state index contributed by atoms with van der Waals surface area (Å²) in [5, 5.41) is 8.94. The minimum absolute atomic E-state index is 0.0773. The first-order chi connectivity index (χ1) is 15.4. The van der Waals surface area contributed by atoms with E-state index >= 15 is 0 Å². The van der Waals surface area contributed by atoms with Gasteiger partial charge in [-0.2, -0.15) is 0 Å². The van der Waals surface area contributed by atoms with Crippen LogP contribution in [-0.4, -0.2) is 35.1 Å². The number of sulfone groups is 1. The molecule has 5 rings (SSSR count). The van der Waals surface area contributed by atoms with Gasteiger partial charge >= 0.3 is 0 Å². The summed E-state index contributed by atoms with van der Waals surface area (Å²) >= 11 is 0. The average molecular weight is 451 g/mol. The van der Waals surface area contributed by atoms with Crippen LogP contribution in [0.2, 0.25) is 0 Å². The van der Waals surface area contributed by atoms with E-state index in [0.29, 0.717) is 12.3 Å². The molecule has 0 saturated carbocycles. The molecule has 3 aromatic heterocycles. The van der Waals surface area contributed by atoms with Gasteiger partial charge in [0.1, 0.15) is 21.7 Å².